The number of hydrazone groups is 1. The second-order valence-electron chi connectivity index (χ2n) is 8.06. The standard InChI is InChI=1S/C26H27N3O3/c27-23-15-18(9-11-22(23)24-13-14-26(32)29-28-24)20(21-12-10-19(30)16-25(21)31)8-4-7-17-5-2-1-3-6-17/h1-3,5-6,10-12,15-16,30-31H,4,7-9,13-14,27H2,(H,29,32). The summed E-state index contributed by atoms with van der Waals surface area (Å²) in [5.41, 5.74) is 15.2. The van der Waals surface area contributed by atoms with Gasteiger partial charge in [0.15, 0.2) is 0 Å². The van der Waals surface area contributed by atoms with Gasteiger partial charge in [0, 0.05) is 35.7 Å². The highest BCUT2D eigenvalue weighted by Gasteiger charge is 2.21. The van der Waals surface area contributed by atoms with Crippen molar-refractivity contribution in [1.82, 2.24) is 5.43 Å². The van der Waals surface area contributed by atoms with Gasteiger partial charge in [-0.05, 0) is 60.6 Å². The Labute approximate surface area is 187 Å². The van der Waals surface area contributed by atoms with Gasteiger partial charge in [0.2, 0.25) is 5.91 Å². The number of carbonyl (C=O) groups is 1. The van der Waals surface area contributed by atoms with Crippen LogP contribution in [0, 0.1) is 0 Å². The van der Waals surface area contributed by atoms with Crippen molar-refractivity contribution < 1.29 is 15.0 Å². The van der Waals surface area contributed by atoms with Crippen molar-refractivity contribution in [1.29, 1.82) is 0 Å². The highest BCUT2D eigenvalue weighted by molar-refractivity contribution is 6.07. The van der Waals surface area contributed by atoms with Gasteiger partial charge in [-0.1, -0.05) is 36.4 Å². The van der Waals surface area contributed by atoms with Crippen LogP contribution in [0.2, 0.25) is 0 Å². The van der Waals surface area contributed by atoms with Gasteiger partial charge >= 0.3 is 0 Å². The van der Waals surface area contributed by atoms with Crippen LogP contribution in [0.5, 0.6) is 11.5 Å². The average Bonchev–Trinajstić information content (AvgIpc) is 2.79. The Bertz CT molecular complexity index is 1140. The number of aromatic hydroxyl groups is 2. The molecule has 0 saturated heterocycles. The number of hydrogen-bond donors (Lipinski definition) is 4. The molecule has 6 heteroatoms. The van der Waals surface area contributed by atoms with E-state index in [0.717, 1.165) is 41.7 Å². The van der Waals surface area contributed by atoms with Crippen LogP contribution in [0.25, 0.3) is 5.57 Å². The molecule has 4 rings (SSSR count). The molecule has 0 saturated carbocycles. The number of phenols is 2. The number of amides is 1. The van der Waals surface area contributed by atoms with Crippen molar-refractivity contribution in [2.24, 2.45) is 10.8 Å². The number of nitrogens with two attached hydrogens (primary N) is 1. The maximum absolute atomic E-state index is 11.4. The van der Waals surface area contributed by atoms with Crippen molar-refractivity contribution >= 4 is 17.2 Å². The maximum Gasteiger partial charge on any atom is 0.240 e. The molecule has 0 spiro atoms. The second-order valence-corrected chi connectivity index (χ2v) is 8.06. The number of aryl methyl sites for hydroxylation is 1. The lowest BCUT2D eigenvalue weighted by molar-refractivity contribution is -0.121. The van der Waals surface area contributed by atoms with E-state index >= 15 is 0 Å². The molecule has 2 aliphatic rings. The fraction of sp³-hybridized carbons (Fsp3) is 0.231. The van der Waals surface area contributed by atoms with E-state index in [1.165, 1.54) is 11.6 Å². The van der Waals surface area contributed by atoms with Gasteiger partial charge in [-0.2, -0.15) is 5.10 Å². The molecule has 5 N–H and O–H groups in total. The van der Waals surface area contributed by atoms with Crippen molar-refractivity contribution in [2.45, 2.75) is 38.5 Å². The minimum absolute atomic E-state index is 0.0260. The Hall–Kier alpha value is -3.80. The number of benzene rings is 2. The number of nitrogens with one attached hydrogen (secondary N) is 1. The summed E-state index contributed by atoms with van der Waals surface area (Å²) in [6, 6.07) is 15.0. The minimum Gasteiger partial charge on any atom is -0.508 e. The first-order valence-electron chi connectivity index (χ1n) is 10.8. The van der Waals surface area contributed by atoms with Crippen molar-refractivity contribution in [2.75, 3.05) is 0 Å². The fourth-order valence-corrected chi connectivity index (χ4v) is 4.17. The molecule has 0 bridgehead atoms. The molecule has 0 unspecified atom stereocenters. The summed E-state index contributed by atoms with van der Waals surface area (Å²) in [6.07, 6.45) is 8.18. The normalized spacial score (nSPS) is 17.8. The van der Waals surface area contributed by atoms with Crippen LogP contribution < -0.4 is 11.2 Å². The Morgan fingerprint density at radius 3 is 2.59 bits per heavy atom. The molecule has 32 heavy (non-hydrogen) atoms. The minimum atomic E-state index is -0.0863. The van der Waals surface area contributed by atoms with Crippen LogP contribution in [-0.4, -0.2) is 21.8 Å². The lowest BCUT2D eigenvalue weighted by Gasteiger charge is -2.21. The van der Waals surface area contributed by atoms with Gasteiger partial charge in [-0.25, -0.2) is 5.43 Å². The molecule has 0 aromatic heterocycles. The lowest BCUT2D eigenvalue weighted by atomic mass is 9.87. The first-order valence-corrected chi connectivity index (χ1v) is 10.8. The van der Waals surface area contributed by atoms with Gasteiger partial charge in [0.05, 0.1) is 5.71 Å². The summed E-state index contributed by atoms with van der Waals surface area (Å²) in [7, 11) is 0. The third-order valence-corrected chi connectivity index (χ3v) is 5.81. The molecule has 1 heterocycles. The molecule has 1 amide bonds. The lowest BCUT2D eigenvalue weighted by Crippen LogP contribution is -2.28. The number of phenolic OH excluding ortho intramolecular Hbond substituents is 2. The summed E-state index contributed by atoms with van der Waals surface area (Å²) in [5.74, 6) is -0.0109. The molecule has 0 atom stereocenters. The summed E-state index contributed by atoms with van der Waals surface area (Å²) in [5, 5.41) is 24.4. The fourth-order valence-electron chi connectivity index (χ4n) is 4.17. The summed E-state index contributed by atoms with van der Waals surface area (Å²) in [6.45, 7) is 0. The van der Waals surface area contributed by atoms with Crippen LogP contribution in [0.1, 0.15) is 43.2 Å². The predicted octanol–water partition coefficient (Wildman–Crippen LogP) is 4.31. The molecular weight excluding hydrogens is 402 g/mol. The molecule has 164 valence electrons. The predicted molar refractivity (Wildman–Crippen MR) is 126 cm³/mol. The highest BCUT2D eigenvalue weighted by atomic mass is 16.3. The first-order chi connectivity index (χ1) is 15.5. The molecule has 2 aromatic rings. The molecule has 1 aliphatic heterocycles. The number of carbonyl (C=O) groups excluding carboxylic acids is 1. The Morgan fingerprint density at radius 1 is 1.09 bits per heavy atom. The van der Waals surface area contributed by atoms with E-state index in [0.29, 0.717) is 30.5 Å². The SMILES string of the molecule is NC1=CC(=C(CCCc2ccccc2)c2ccc(O)cc2O)CC=C1C1=NNC(=O)CC1. The van der Waals surface area contributed by atoms with Gasteiger partial charge in [0.25, 0.3) is 0 Å². The van der Waals surface area contributed by atoms with E-state index in [2.05, 4.69) is 22.7 Å². The monoisotopic (exact) mass is 429 g/mol. The Morgan fingerprint density at radius 2 is 1.91 bits per heavy atom. The van der Waals surface area contributed by atoms with E-state index in [1.54, 1.807) is 12.1 Å². The number of hydrogen-bond acceptors (Lipinski definition) is 5. The van der Waals surface area contributed by atoms with E-state index in [9.17, 15) is 15.0 Å². The van der Waals surface area contributed by atoms with E-state index in [1.807, 2.05) is 30.4 Å². The third kappa shape index (κ3) is 4.91. The summed E-state index contributed by atoms with van der Waals surface area (Å²) < 4.78 is 0. The molecule has 1 aliphatic carbocycles. The van der Waals surface area contributed by atoms with Crippen LogP contribution in [0.15, 0.2) is 82.6 Å². The van der Waals surface area contributed by atoms with Gasteiger partial charge in [0.1, 0.15) is 11.5 Å². The van der Waals surface area contributed by atoms with Crippen LogP contribution >= 0.6 is 0 Å². The summed E-state index contributed by atoms with van der Waals surface area (Å²) >= 11 is 0. The first kappa shape index (κ1) is 21.4. The highest BCUT2D eigenvalue weighted by Crippen LogP contribution is 2.37. The summed E-state index contributed by atoms with van der Waals surface area (Å²) in [4.78, 5) is 11.4. The number of nitrogens with zero attached hydrogens (tertiary/aromatic N) is 1. The third-order valence-electron chi connectivity index (χ3n) is 5.81. The maximum atomic E-state index is 11.4. The smallest absolute Gasteiger partial charge is 0.240 e. The van der Waals surface area contributed by atoms with Crippen LogP contribution in [-0.2, 0) is 11.2 Å². The van der Waals surface area contributed by atoms with Gasteiger partial charge < -0.3 is 15.9 Å². The van der Waals surface area contributed by atoms with E-state index in [4.69, 9.17) is 5.73 Å². The zero-order chi connectivity index (χ0) is 22.5. The molecule has 0 radical (unpaired) electrons. The van der Waals surface area contributed by atoms with Crippen molar-refractivity contribution in [3.8, 4) is 11.5 Å². The largest absolute Gasteiger partial charge is 0.508 e. The topological polar surface area (TPSA) is 108 Å². The zero-order valence-corrected chi connectivity index (χ0v) is 17.8. The molecular formula is C26H27N3O3. The second kappa shape index (κ2) is 9.56. The molecule has 0 fully saturated rings. The molecule has 2 aromatic carbocycles. The van der Waals surface area contributed by atoms with Crippen LogP contribution in [0.3, 0.4) is 0 Å². The molecule has 6 nitrogen and oxygen atoms in total. The van der Waals surface area contributed by atoms with Crippen LogP contribution in [0.4, 0.5) is 0 Å². The number of allylic oxidation sites excluding steroid dienone is 5. The Kier molecular flexibility index (Phi) is 6.40. The average molecular weight is 430 g/mol. The van der Waals surface area contributed by atoms with E-state index < -0.39 is 0 Å². The van der Waals surface area contributed by atoms with Crippen molar-refractivity contribution in [3.63, 3.8) is 0 Å². The zero-order valence-electron chi connectivity index (χ0n) is 17.8. The Balaban J connectivity index is 1.62. The quantitative estimate of drug-likeness (QED) is 0.549. The van der Waals surface area contributed by atoms with E-state index in [-0.39, 0.29) is 17.4 Å². The van der Waals surface area contributed by atoms with Gasteiger partial charge in [-0.3, -0.25) is 4.79 Å². The van der Waals surface area contributed by atoms with Crippen molar-refractivity contribution in [3.05, 3.63) is 88.7 Å². The number of rotatable bonds is 6. The van der Waals surface area contributed by atoms with Gasteiger partial charge in [-0.15, -0.1) is 0 Å².